The number of aryl methyl sites for hydroxylation is 1. The van der Waals surface area contributed by atoms with Crippen molar-refractivity contribution in [2.24, 2.45) is 0 Å². The van der Waals surface area contributed by atoms with E-state index in [1.807, 2.05) is 29.6 Å². The van der Waals surface area contributed by atoms with E-state index in [4.69, 9.17) is 0 Å². The van der Waals surface area contributed by atoms with Crippen molar-refractivity contribution in [2.75, 3.05) is 11.9 Å². The lowest BCUT2D eigenvalue weighted by atomic mass is 10.2. The number of rotatable bonds is 5. The molecule has 0 aliphatic heterocycles. The molecule has 1 aromatic heterocycles. The summed E-state index contributed by atoms with van der Waals surface area (Å²) in [6.07, 6.45) is 1.74. The number of nitrogens with zero attached hydrogens (tertiary/aromatic N) is 4. The van der Waals surface area contributed by atoms with Gasteiger partial charge in [0.15, 0.2) is 0 Å². The van der Waals surface area contributed by atoms with Gasteiger partial charge in [-0.1, -0.05) is 15.9 Å². The standard InChI is InChI=1S/C13H15BrN4O2/c1-3-17-11(6-7-15-17)9-16(2)12-5-4-10(14)8-13(12)18(19)20/h4-8H,3,9H2,1-2H3. The molecule has 0 aliphatic rings. The van der Waals surface area contributed by atoms with E-state index in [2.05, 4.69) is 21.0 Å². The molecular formula is C13H15BrN4O2. The molecule has 20 heavy (non-hydrogen) atoms. The first kappa shape index (κ1) is 14.5. The normalized spacial score (nSPS) is 10.6. The van der Waals surface area contributed by atoms with Crippen LogP contribution >= 0.6 is 15.9 Å². The molecule has 0 saturated heterocycles. The van der Waals surface area contributed by atoms with Crippen molar-refractivity contribution in [2.45, 2.75) is 20.0 Å². The van der Waals surface area contributed by atoms with Crippen LogP contribution in [0.25, 0.3) is 0 Å². The number of anilines is 1. The minimum Gasteiger partial charge on any atom is -0.363 e. The zero-order valence-corrected chi connectivity index (χ0v) is 12.9. The summed E-state index contributed by atoms with van der Waals surface area (Å²) in [7, 11) is 1.84. The number of aromatic nitrogens is 2. The fourth-order valence-corrected chi connectivity index (χ4v) is 2.42. The zero-order valence-electron chi connectivity index (χ0n) is 11.3. The summed E-state index contributed by atoms with van der Waals surface area (Å²) in [5.41, 5.74) is 1.69. The van der Waals surface area contributed by atoms with Gasteiger partial charge in [-0.2, -0.15) is 5.10 Å². The molecular weight excluding hydrogens is 324 g/mol. The Bertz CT molecular complexity index is 627. The molecule has 0 radical (unpaired) electrons. The minimum absolute atomic E-state index is 0.0874. The van der Waals surface area contributed by atoms with Crippen molar-refractivity contribution in [3.63, 3.8) is 0 Å². The lowest BCUT2D eigenvalue weighted by Gasteiger charge is -2.19. The summed E-state index contributed by atoms with van der Waals surface area (Å²) < 4.78 is 2.57. The van der Waals surface area contributed by atoms with Crippen LogP contribution in [-0.4, -0.2) is 21.8 Å². The van der Waals surface area contributed by atoms with Gasteiger partial charge in [0.05, 0.1) is 17.2 Å². The van der Waals surface area contributed by atoms with Gasteiger partial charge >= 0.3 is 0 Å². The van der Waals surface area contributed by atoms with Crippen LogP contribution in [0.15, 0.2) is 34.9 Å². The predicted molar refractivity (Wildman–Crippen MR) is 80.8 cm³/mol. The Morgan fingerprint density at radius 3 is 2.85 bits per heavy atom. The monoisotopic (exact) mass is 338 g/mol. The summed E-state index contributed by atoms with van der Waals surface area (Å²) in [5.74, 6) is 0. The van der Waals surface area contributed by atoms with Crippen LogP contribution in [-0.2, 0) is 13.1 Å². The van der Waals surface area contributed by atoms with Gasteiger partial charge < -0.3 is 4.90 Å². The third kappa shape index (κ3) is 2.98. The average molecular weight is 339 g/mol. The lowest BCUT2D eigenvalue weighted by Crippen LogP contribution is -2.20. The first-order valence-electron chi connectivity index (χ1n) is 6.18. The van der Waals surface area contributed by atoms with E-state index in [9.17, 15) is 10.1 Å². The highest BCUT2D eigenvalue weighted by Crippen LogP contribution is 2.31. The van der Waals surface area contributed by atoms with Gasteiger partial charge in [-0.3, -0.25) is 14.8 Å². The molecule has 0 atom stereocenters. The Morgan fingerprint density at radius 1 is 1.45 bits per heavy atom. The molecule has 0 unspecified atom stereocenters. The summed E-state index contributed by atoms with van der Waals surface area (Å²) >= 11 is 3.26. The Morgan fingerprint density at radius 2 is 2.20 bits per heavy atom. The molecule has 2 aromatic rings. The number of hydrogen-bond acceptors (Lipinski definition) is 4. The van der Waals surface area contributed by atoms with E-state index in [-0.39, 0.29) is 10.6 Å². The van der Waals surface area contributed by atoms with Gasteiger partial charge in [0.1, 0.15) is 5.69 Å². The van der Waals surface area contributed by atoms with Crippen LogP contribution in [0.2, 0.25) is 0 Å². The molecule has 0 N–H and O–H groups in total. The van der Waals surface area contributed by atoms with Gasteiger partial charge in [0.2, 0.25) is 0 Å². The van der Waals surface area contributed by atoms with Crippen LogP contribution in [0.3, 0.4) is 0 Å². The number of hydrogen-bond donors (Lipinski definition) is 0. The molecule has 1 aromatic carbocycles. The quantitative estimate of drug-likeness (QED) is 0.620. The van der Waals surface area contributed by atoms with Crippen molar-refractivity contribution in [1.82, 2.24) is 9.78 Å². The smallest absolute Gasteiger partial charge is 0.293 e. The van der Waals surface area contributed by atoms with Crippen molar-refractivity contribution >= 4 is 27.3 Å². The van der Waals surface area contributed by atoms with E-state index in [1.165, 1.54) is 6.07 Å². The van der Waals surface area contributed by atoms with Gasteiger partial charge in [-0.05, 0) is 25.1 Å². The first-order chi connectivity index (χ1) is 9.52. The van der Waals surface area contributed by atoms with Crippen molar-refractivity contribution in [3.8, 4) is 0 Å². The van der Waals surface area contributed by atoms with E-state index in [0.717, 1.165) is 12.2 Å². The highest BCUT2D eigenvalue weighted by Gasteiger charge is 2.18. The number of nitro benzene ring substituents is 1. The number of halogens is 1. The molecule has 0 saturated carbocycles. The van der Waals surface area contributed by atoms with Crippen molar-refractivity contribution < 1.29 is 4.92 Å². The SMILES string of the molecule is CCn1nccc1CN(C)c1ccc(Br)cc1[N+](=O)[O-]. The lowest BCUT2D eigenvalue weighted by molar-refractivity contribution is -0.384. The Hall–Kier alpha value is -1.89. The summed E-state index contributed by atoms with van der Waals surface area (Å²) in [5, 5.41) is 15.3. The van der Waals surface area contributed by atoms with Gasteiger partial charge in [-0.25, -0.2) is 0 Å². The van der Waals surface area contributed by atoms with Gasteiger partial charge in [0, 0.05) is 30.3 Å². The third-order valence-electron chi connectivity index (χ3n) is 3.05. The van der Waals surface area contributed by atoms with Crippen LogP contribution in [0, 0.1) is 10.1 Å². The van der Waals surface area contributed by atoms with Crippen LogP contribution in [0.5, 0.6) is 0 Å². The zero-order chi connectivity index (χ0) is 14.7. The molecule has 0 spiro atoms. The average Bonchev–Trinajstić information content (AvgIpc) is 2.85. The number of nitro groups is 1. The molecule has 7 heteroatoms. The Labute approximate surface area is 125 Å². The summed E-state index contributed by atoms with van der Waals surface area (Å²) in [6.45, 7) is 3.35. The maximum absolute atomic E-state index is 11.1. The molecule has 106 valence electrons. The Kier molecular flexibility index (Phi) is 4.39. The molecule has 0 fully saturated rings. The topological polar surface area (TPSA) is 64.2 Å². The second kappa shape index (κ2) is 6.04. The second-order valence-electron chi connectivity index (χ2n) is 4.38. The molecule has 6 nitrogen and oxygen atoms in total. The fourth-order valence-electron chi connectivity index (χ4n) is 2.07. The molecule has 2 rings (SSSR count). The molecule has 0 bridgehead atoms. The van der Waals surface area contributed by atoms with Gasteiger partial charge in [0.25, 0.3) is 5.69 Å². The van der Waals surface area contributed by atoms with E-state index >= 15 is 0 Å². The van der Waals surface area contributed by atoms with Crippen LogP contribution < -0.4 is 4.90 Å². The Balaban J connectivity index is 2.29. The first-order valence-corrected chi connectivity index (χ1v) is 6.98. The molecule has 0 aliphatic carbocycles. The van der Waals surface area contributed by atoms with Crippen molar-refractivity contribution in [3.05, 3.63) is 50.7 Å². The molecule has 0 amide bonds. The maximum atomic E-state index is 11.1. The van der Waals surface area contributed by atoms with E-state index < -0.39 is 0 Å². The maximum Gasteiger partial charge on any atom is 0.293 e. The number of benzene rings is 1. The van der Waals surface area contributed by atoms with E-state index in [0.29, 0.717) is 16.7 Å². The highest BCUT2D eigenvalue weighted by molar-refractivity contribution is 9.10. The largest absolute Gasteiger partial charge is 0.363 e. The summed E-state index contributed by atoms with van der Waals surface area (Å²) in [6, 6.07) is 6.98. The fraction of sp³-hybridized carbons (Fsp3) is 0.308. The molecule has 1 heterocycles. The second-order valence-corrected chi connectivity index (χ2v) is 5.30. The van der Waals surface area contributed by atoms with E-state index in [1.54, 1.807) is 18.3 Å². The minimum atomic E-state index is -0.367. The van der Waals surface area contributed by atoms with Crippen LogP contribution in [0.1, 0.15) is 12.6 Å². The summed E-state index contributed by atoms with van der Waals surface area (Å²) in [4.78, 5) is 12.6. The highest BCUT2D eigenvalue weighted by atomic mass is 79.9. The van der Waals surface area contributed by atoms with Crippen LogP contribution in [0.4, 0.5) is 11.4 Å². The third-order valence-corrected chi connectivity index (χ3v) is 3.54. The predicted octanol–water partition coefficient (Wildman–Crippen LogP) is 3.21. The van der Waals surface area contributed by atoms with Gasteiger partial charge in [-0.15, -0.1) is 0 Å². The van der Waals surface area contributed by atoms with Crippen molar-refractivity contribution in [1.29, 1.82) is 0 Å².